The van der Waals surface area contributed by atoms with E-state index in [0.29, 0.717) is 24.3 Å². The number of hydrogen-bond acceptors (Lipinski definition) is 5. The number of aromatic nitrogens is 2. The van der Waals surface area contributed by atoms with Crippen molar-refractivity contribution in [3.8, 4) is 28.0 Å². The maximum absolute atomic E-state index is 5.94. The highest BCUT2D eigenvalue weighted by atomic mass is 32.1. The van der Waals surface area contributed by atoms with Gasteiger partial charge in [-0.25, -0.2) is 0 Å². The highest BCUT2D eigenvalue weighted by Gasteiger charge is 2.15. The van der Waals surface area contributed by atoms with Gasteiger partial charge in [0.2, 0.25) is 5.89 Å². The van der Waals surface area contributed by atoms with E-state index in [0.717, 1.165) is 33.7 Å². The molecule has 4 nitrogen and oxygen atoms in total. The first-order valence-electron chi connectivity index (χ1n) is 8.75. The Morgan fingerprint density at radius 2 is 1.85 bits per heavy atom. The van der Waals surface area contributed by atoms with E-state index >= 15 is 0 Å². The second-order valence-electron chi connectivity index (χ2n) is 6.82. The van der Waals surface area contributed by atoms with E-state index in [1.807, 2.05) is 26.0 Å². The number of hydrogen-bond donors (Lipinski definition) is 0. The van der Waals surface area contributed by atoms with Crippen LogP contribution in [0.15, 0.2) is 41.3 Å². The average molecular weight is 369 g/mol. The molecule has 0 spiro atoms. The topological polar surface area (TPSA) is 48.2 Å². The third-order valence-electron chi connectivity index (χ3n) is 3.96. The van der Waals surface area contributed by atoms with E-state index < -0.39 is 0 Å². The van der Waals surface area contributed by atoms with E-state index in [-0.39, 0.29) is 0 Å². The van der Waals surface area contributed by atoms with Crippen molar-refractivity contribution in [2.24, 2.45) is 5.92 Å². The number of aryl methyl sites for hydroxylation is 2. The van der Waals surface area contributed by atoms with Crippen molar-refractivity contribution in [1.29, 1.82) is 0 Å². The molecule has 0 radical (unpaired) electrons. The molecule has 5 heteroatoms. The van der Waals surface area contributed by atoms with Crippen LogP contribution in [-0.2, 0) is 6.42 Å². The van der Waals surface area contributed by atoms with Gasteiger partial charge in [0.25, 0.3) is 5.89 Å². The summed E-state index contributed by atoms with van der Waals surface area (Å²) in [6, 6.07) is 8.23. The van der Waals surface area contributed by atoms with E-state index in [4.69, 9.17) is 9.15 Å². The lowest BCUT2D eigenvalue weighted by atomic mass is 10.1. The number of ether oxygens (including phenoxy) is 1. The third-order valence-corrected chi connectivity index (χ3v) is 5.06. The first kappa shape index (κ1) is 18.4. The van der Waals surface area contributed by atoms with Gasteiger partial charge < -0.3 is 9.15 Å². The summed E-state index contributed by atoms with van der Waals surface area (Å²) >= 11 is 1.72. The summed E-state index contributed by atoms with van der Waals surface area (Å²) in [5.41, 5.74) is 2.98. The van der Waals surface area contributed by atoms with Crippen molar-refractivity contribution in [2.45, 2.75) is 34.1 Å². The summed E-state index contributed by atoms with van der Waals surface area (Å²) in [6.45, 7) is 12.7. The van der Waals surface area contributed by atoms with Crippen LogP contribution >= 0.6 is 11.3 Å². The molecule has 0 fully saturated rings. The van der Waals surface area contributed by atoms with Crippen LogP contribution in [0.3, 0.4) is 0 Å². The van der Waals surface area contributed by atoms with Crippen molar-refractivity contribution in [3.05, 3.63) is 52.9 Å². The summed E-state index contributed by atoms with van der Waals surface area (Å²) in [5, 5.41) is 8.48. The molecular weight excluding hydrogens is 344 g/mol. The molecule has 0 unspecified atom stereocenters. The van der Waals surface area contributed by atoms with E-state index in [1.54, 1.807) is 17.4 Å². The first-order chi connectivity index (χ1) is 12.5. The van der Waals surface area contributed by atoms with Crippen LogP contribution in [0, 0.1) is 19.8 Å². The molecule has 0 atom stereocenters. The molecule has 0 saturated heterocycles. The zero-order valence-corrected chi connectivity index (χ0v) is 16.5. The Labute approximate surface area is 158 Å². The molecule has 2 heterocycles. The molecule has 0 aliphatic heterocycles. The Morgan fingerprint density at radius 3 is 2.50 bits per heavy atom. The smallest absolute Gasteiger partial charge is 0.258 e. The standard InChI is InChI=1S/C21H24N2O2S/c1-6-9-24-19-14(4)11-16(12-15(19)5)20-22-23-21(25-20)18-8-7-17(26-18)10-13(2)3/h6-8,11-13H,1,9-10H2,2-5H3. The van der Waals surface area contributed by atoms with Crippen LogP contribution in [0.25, 0.3) is 22.2 Å². The molecule has 0 amide bonds. The lowest BCUT2D eigenvalue weighted by molar-refractivity contribution is 0.358. The van der Waals surface area contributed by atoms with Crippen LogP contribution in [0.1, 0.15) is 29.9 Å². The maximum Gasteiger partial charge on any atom is 0.258 e. The maximum atomic E-state index is 5.94. The predicted molar refractivity (Wildman–Crippen MR) is 107 cm³/mol. The zero-order valence-electron chi connectivity index (χ0n) is 15.7. The normalized spacial score (nSPS) is 11.1. The molecule has 2 aromatic heterocycles. The van der Waals surface area contributed by atoms with Crippen molar-refractivity contribution in [2.75, 3.05) is 6.61 Å². The van der Waals surface area contributed by atoms with Gasteiger partial charge in [-0.15, -0.1) is 21.5 Å². The molecule has 0 aliphatic rings. The average Bonchev–Trinajstić information content (AvgIpc) is 3.22. The van der Waals surface area contributed by atoms with Crippen molar-refractivity contribution >= 4 is 11.3 Å². The molecule has 0 aliphatic carbocycles. The number of rotatable bonds is 7. The van der Waals surface area contributed by atoms with E-state index in [1.165, 1.54) is 4.88 Å². The van der Waals surface area contributed by atoms with Gasteiger partial charge in [0.15, 0.2) is 0 Å². The lowest BCUT2D eigenvalue weighted by Gasteiger charge is -2.11. The van der Waals surface area contributed by atoms with Crippen LogP contribution in [-0.4, -0.2) is 16.8 Å². The number of thiophene rings is 1. The van der Waals surface area contributed by atoms with Crippen molar-refractivity contribution in [3.63, 3.8) is 0 Å². The molecule has 1 aromatic carbocycles. The Hall–Kier alpha value is -2.40. The summed E-state index contributed by atoms with van der Waals surface area (Å²) < 4.78 is 11.7. The van der Waals surface area contributed by atoms with E-state index in [9.17, 15) is 0 Å². The fourth-order valence-electron chi connectivity index (χ4n) is 2.89. The monoisotopic (exact) mass is 368 g/mol. The van der Waals surface area contributed by atoms with Gasteiger partial charge in [0.05, 0.1) is 4.88 Å². The van der Waals surface area contributed by atoms with Gasteiger partial charge >= 0.3 is 0 Å². The van der Waals surface area contributed by atoms with Gasteiger partial charge in [-0.05, 0) is 61.6 Å². The minimum absolute atomic E-state index is 0.489. The molecule has 0 N–H and O–H groups in total. The predicted octanol–water partition coefficient (Wildman–Crippen LogP) is 5.85. The minimum atomic E-state index is 0.489. The van der Waals surface area contributed by atoms with Gasteiger partial charge in [0, 0.05) is 10.4 Å². The summed E-state index contributed by atoms with van der Waals surface area (Å²) in [6.07, 6.45) is 2.81. The second-order valence-corrected chi connectivity index (χ2v) is 7.98. The second kappa shape index (κ2) is 7.87. The van der Waals surface area contributed by atoms with Gasteiger partial charge in [-0.2, -0.15) is 0 Å². The Kier molecular flexibility index (Phi) is 5.57. The fraction of sp³-hybridized carbons (Fsp3) is 0.333. The van der Waals surface area contributed by atoms with Crippen LogP contribution in [0.2, 0.25) is 0 Å². The Morgan fingerprint density at radius 1 is 1.15 bits per heavy atom. The minimum Gasteiger partial charge on any atom is -0.489 e. The first-order valence-corrected chi connectivity index (χ1v) is 9.57. The summed E-state index contributed by atoms with van der Waals surface area (Å²) in [7, 11) is 0. The number of benzene rings is 1. The highest BCUT2D eigenvalue weighted by Crippen LogP contribution is 2.33. The van der Waals surface area contributed by atoms with Crippen molar-refractivity contribution in [1.82, 2.24) is 10.2 Å². The Balaban J connectivity index is 1.85. The van der Waals surface area contributed by atoms with Crippen molar-refractivity contribution < 1.29 is 9.15 Å². The highest BCUT2D eigenvalue weighted by molar-refractivity contribution is 7.15. The molecule has 0 saturated carbocycles. The molecule has 3 rings (SSSR count). The van der Waals surface area contributed by atoms with Crippen LogP contribution < -0.4 is 4.74 Å². The van der Waals surface area contributed by atoms with E-state index in [2.05, 4.69) is 42.8 Å². The number of nitrogens with zero attached hydrogens (tertiary/aromatic N) is 2. The molecule has 3 aromatic rings. The molecule has 0 bridgehead atoms. The molecular formula is C21H24N2O2S. The summed E-state index contributed by atoms with van der Waals surface area (Å²) in [4.78, 5) is 2.35. The quantitative estimate of drug-likeness (QED) is 0.491. The summed E-state index contributed by atoms with van der Waals surface area (Å²) in [5.74, 6) is 2.61. The van der Waals surface area contributed by atoms with Crippen LogP contribution in [0.4, 0.5) is 0 Å². The zero-order chi connectivity index (χ0) is 18.7. The van der Waals surface area contributed by atoms with Gasteiger partial charge in [-0.1, -0.05) is 26.5 Å². The lowest BCUT2D eigenvalue weighted by Crippen LogP contribution is -1.98. The van der Waals surface area contributed by atoms with Crippen LogP contribution in [0.5, 0.6) is 5.75 Å². The SMILES string of the molecule is C=CCOc1c(C)cc(-c2nnc(-c3ccc(CC(C)C)s3)o2)cc1C. The van der Waals surface area contributed by atoms with Gasteiger partial charge in [0.1, 0.15) is 12.4 Å². The van der Waals surface area contributed by atoms with Gasteiger partial charge in [-0.3, -0.25) is 0 Å². The molecule has 136 valence electrons. The third kappa shape index (κ3) is 4.05. The molecule has 26 heavy (non-hydrogen) atoms. The fourth-order valence-corrected chi connectivity index (χ4v) is 4.03. The largest absolute Gasteiger partial charge is 0.489 e. The Bertz CT molecular complexity index is 885.